The molecule has 4 rings (SSSR count). The molecule has 2 aromatic heterocycles. The third kappa shape index (κ3) is 3.83. The standard InChI is InChI=1S/C19H22N6O5/c1-28-14-6-5-12(8-15(14)29-2)25-18-17(22-23-25)19(27)24(11-21-18)10-16(26)20-9-13-4-3-7-30-13/h5-6,8,11,13H,3-4,7,9-10H2,1-2H3,(H,20,26). The average Bonchev–Trinajstić information content (AvgIpc) is 3.44. The zero-order chi connectivity index (χ0) is 21.1. The predicted octanol–water partition coefficient (Wildman–Crippen LogP) is 0.290. The van der Waals surface area contributed by atoms with Crippen LogP contribution in [-0.2, 0) is 16.1 Å². The smallest absolute Gasteiger partial charge is 0.284 e. The summed E-state index contributed by atoms with van der Waals surface area (Å²) in [6.45, 7) is 0.993. The van der Waals surface area contributed by atoms with Crippen LogP contribution in [0.25, 0.3) is 16.9 Å². The molecule has 0 bridgehead atoms. The van der Waals surface area contributed by atoms with Crippen LogP contribution in [0.1, 0.15) is 12.8 Å². The molecule has 3 heterocycles. The van der Waals surface area contributed by atoms with Crippen LogP contribution >= 0.6 is 0 Å². The number of carbonyl (C=O) groups excluding carboxylic acids is 1. The summed E-state index contributed by atoms with van der Waals surface area (Å²) in [4.78, 5) is 29.2. The fourth-order valence-corrected chi connectivity index (χ4v) is 3.33. The number of ether oxygens (including phenoxy) is 3. The lowest BCUT2D eigenvalue weighted by molar-refractivity contribution is -0.122. The Morgan fingerprint density at radius 1 is 1.30 bits per heavy atom. The number of carbonyl (C=O) groups is 1. The summed E-state index contributed by atoms with van der Waals surface area (Å²) in [5.41, 5.74) is 0.510. The van der Waals surface area contributed by atoms with Crippen molar-refractivity contribution in [3.8, 4) is 17.2 Å². The summed E-state index contributed by atoms with van der Waals surface area (Å²) in [7, 11) is 3.07. The number of nitrogens with zero attached hydrogens (tertiary/aromatic N) is 5. The number of fused-ring (bicyclic) bond motifs is 1. The number of methoxy groups -OCH3 is 2. The van der Waals surface area contributed by atoms with Gasteiger partial charge in [-0.1, -0.05) is 5.21 Å². The monoisotopic (exact) mass is 414 g/mol. The summed E-state index contributed by atoms with van der Waals surface area (Å²) in [5.74, 6) is 0.783. The van der Waals surface area contributed by atoms with Crippen molar-refractivity contribution in [3.63, 3.8) is 0 Å². The molecule has 0 saturated carbocycles. The van der Waals surface area contributed by atoms with E-state index in [2.05, 4.69) is 20.6 Å². The van der Waals surface area contributed by atoms with E-state index < -0.39 is 5.56 Å². The van der Waals surface area contributed by atoms with Gasteiger partial charge in [-0.15, -0.1) is 5.10 Å². The molecule has 1 saturated heterocycles. The minimum atomic E-state index is -0.445. The third-order valence-corrected chi connectivity index (χ3v) is 4.91. The highest BCUT2D eigenvalue weighted by Gasteiger charge is 2.18. The van der Waals surface area contributed by atoms with Gasteiger partial charge in [0.15, 0.2) is 22.7 Å². The molecule has 1 atom stereocenters. The summed E-state index contributed by atoms with van der Waals surface area (Å²) in [6.07, 6.45) is 3.27. The van der Waals surface area contributed by atoms with Crippen molar-refractivity contribution in [3.05, 3.63) is 34.9 Å². The molecule has 1 unspecified atom stereocenters. The van der Waals surface area contributed by atoms with E-state index in [1.165, 1.54) is 22.7 Å². The Morgan fingerprint density at radius 3 is 2.87 bits per heavy atom. The molecule has 1 aliphatic rings. The van der Waals surface area contributed by atoms with E-state index in [1.807, 2.05) is 0 Å². The Balaban J connectivity index is 1.56. The average molecular weight is 414 g/mol. The molecule has 0 spiro atoms. The first-order valence-electron chi connectivity index (χ1n) is 9.52. The number of amides is 1. The van der Waals surface area contributed by atoms with Crippen LogP contribution in [-0.4, -0.2) is 63.9 Å². The van der Waals surface area contributed by atoms with Crippen LogP contribution in [0, 0.1) is 0 Å². The van der Waals surface area contributed by atoms with Gasteiger partial charge in [0.25, 0.3) is 5.56 Å². The molecule has 1 aromatic carbocycles. The van der Waals surface area contributed by atoms with Crippen molar-refractivity contribution in [1.29, 1.82) is 0 Å². The maximum absolute atomic E-state index is 12.8. The molecule has 0 radical (unpaired) electrons. The van der Waals surface area contributed by atoms with Crippen LogP contribution < -0.4 is 20.3 Å². The minimum absolute atomic E-state index is 0.0349. The highest BCUT2D eigenvalue weighted by molar-refractivity contribution is 5.76. The van der Waals surface area contributed by atoms with Crippen LogP contribution in [0.5, 0.6) is 11.5 Å². The number of hydrogen-bond acceptors (Lipinski definition) is 8. The van der Waals surface area contributed by atoms with Crippen molar-refractivity contribution >= 4 is 17.1 Å². The van der Waals surface area contributed by atoms with E-state index in [4.69, 9.17) is 14.2 Å². The quantitative estimate of drug-likeness (QED) is 0.585. The van der Waals surface area contributed by atoms with E-state index in [-0.39, 0.29) is 29.7 Å². The van der Waals surface area contributed by atoms with Crippen molar-refractivity contribution < 1.29 is 19.0 Å². The van der Waals surface area contributed by atoms with Gasteiger partial charge in [-0.2, -0.15) is 4.68 Å². The second-order valence-corrected chi connectivity index (χ2v) is 6.83. The topological polar surface area (TPSA) is 122 Å². The molecule has 1 N–H and O–H groups in total. The molecular formula is C19H22N6O5. The van der Waals surface area contributed by atoms with E-state index >= 15 is 0 Å². The zero-order valence-electron chi connectivity index (χ0n) is 16.7. The largest absolute Gasteiger partial charge is 0.493 e. The maximum atomic E-state index is 12.8. The number of rotatable bonds is 7. The second-order valence-electron chi connectivity index (χ2n) is 6.83. The van der Waals surface area contributed by atoms with Crippen LogP contribution in [0.2, 0.25) is 0 Å². The Kier molecular flexibility index (Phi) is 5.61. The number of hydrogen-bond donors (Lipinski definition) is 1. The zero-order valence-corrected chi connectivity index (χ0v) is 16.7. The first-order chi connectivity index (χ1) is 14.6. The lowest BCUT2D eigenvalue weighted by Crippen LogP contribution is -2.36. The Morgan fingerprint density at radius 2 is 2.13 bits per heavy atom. The number of aromatic nitrogens is 5. The number of nitrogens with one attached hydrogen (secondary N) is 1. The fraction of sp³-hybridized carbons (Fsp3) is 0.421. The molecule has 158 valence electrons. The van der Waals surface area contributed by atoms with E-state index in [1.54, 1.807) is 25.3 Å². The predicted molar refractivity (Wildman–Crippen MR) is 106 cm³/mol. The van der Waals surface area contributed by atoms with Gasteiger partial charge in [-0.25, -0.2) is 4.98 Å². The van der Waals surface area contributed by atoms with Crippen LogP contribution in [0.15, 0.2) is 29.3 Å². The van der Waals surface area contributed by atoms with Gasteiger partial charge in [0.05, 0.1) is 26.0 Å². The Bertz CT molecular complexity index is 1120. The van der Waals surface area contributed by atoms with Crippen LogP contribution in [0.3, 0.4) is 0 Å². The Hall–Kier alpha value is -3.47. The molecule has 3 aromatic rings. The first-order valence-corrected chi connectivity index (χ1v) is 9.52. The second kappa shape index (κ2) is 8.49. The van der Waals surface area contributed by atoms with Crippen molar-refractivity contribution in [2.45, 2.75) is 25.5 Å². The third-order valence-electron chi connectivity index (χ3n) is 4.91. The summed E-state index contributed by atoms with van der Waals surface area (Å²) >= 11 is 0. The van der Waals surface area contributed by atoms with Crippen LogP contribution in [0.4, 0.5) is 0 Å². The summed E-state index contributed by atoms with van der Waals surface area (Å²) < 4.78 is 18.7. The van der Waals surface area contributed by atoms with Crippen molar-refractivity contribution in [2.24, 2.45) is 0 Å². The van der Waals surface area contributed by atoms with E-state index in [0.29, 0.717) is 23.7 Å². The fourth-order valence-electron chi connectivity index (χ4n) is 3.33. The lowest BCUT2D eigenvalue weighted by Gasteiger charge is -2.11. The molecule has 11 heteroatoms. The first kappa shape index (κ1) is 19.8. The van der Waals surface area contributed by atoms with Gasteiger partial charge in [0, 0.05) is 19.2 Å². The lowest BCUT2D eigenvalue weighted by atomic mass is 10.2. The SMILES string of the molecule is COc1ccc(-n2nnc3c(=O)n(CC(=O)NCC4CCCO4)cnc32)cc1OC. The van der Waals surface area contributed by atoms with Gasteiger partial charge in [0.2, 0.25) is 5.91 Å². The maximum Gasteiger partial charge on any atom is 0.284 e. The normalized spacial score (nSPS) is 16.0. The summed E-state index contributed by atoms with van der Waals surface area (Å²) in [5, 5.41) is 10.8. The van der Waals surface area contributed by atoms with Gasteiger partial charge in [0.1, 0.15) is 12.9 Å². The van der Waals surface area contributed by atoms with Gasteiger partial charge in [-0.05, 0) is 25.0 Å². The van der Waals surface area contributed by atoms with E-state index in [9.17, 15) is 9.59 Å². The van der Waals surface area contributed by atoms with Crippen molar-refractivity contribution in [2.75, 3.05) is 27.4 Å². The molecule has 1 amide bonds. The Labute approximate surface area is 171 Å². The van der Waals surface area contributed by atoms with E-state index in [0.717, 1.165) is 19.4 Å². The highest BCUT2D eigenvalue weighted by atomic mass is 16.5. The molecule has 11 nitrogen and oxygen atoms in total. The van der Waals surface area contributed by atoms with Gasteiger partial charge < -0.3 is 19.5 Å². The molecule has 1 aliphatic heterocycles. The number of benzene rings is 1. The molecular weight excluding hydrogens is 392 g/mol. The molecule has 0 aliphatic carbocycles. The van der Waals surface area contributed by atoms with Crippen molar-refractivity contribution in [1.82, 2.24) is 29.9 Å². The molecule has 30 heavy (non-hydrogen) atoms. The molecule has 1 fully saturated rings. The van der Waals surface area contributed by atoms with Gasteiger partial charge in [-0.3, -0.25) is 14.2 Å². The minimum Gasteiger partial charge on any atom is -0.493 e. The van der Waals surface area contributed by atoms with Gasteiger partial charge >= 0.3 is 0 Å². The highest BCUT2D eigenvalue weighted by Crippen LogP contribution is 2.29. The summed E-state index contributed by atoms with van der Waals surface area (Å²) in [6, 6.07) is 5.18.